The average molecular weight is 614 g/mol. The van der Waals surface area contributed by atoms with Crippen LogP contribution in [0.4, 0.5) is 4.79 Å². The third kappa shape index (κ3) is 5.10. The van der Waals surface area contributed by atoms with E-state index in [-0.39, 0.29) is 41.4 Å². The minimum absolute atomic E-state index is 0.0619. The molecule has 1 amide bonds. The van der Waals surface area contributed by atoms with Gasteiger partial charge in [0.25, 0.3) is 0 Å². The van der Waals surface area contributed by atoms with Gasteiger partial charge >= 0.3 is 12.1 Å². The molecule has 0 radical (unpaired) electrons. The predicted molar refractivity (Wildman–Crippen MR) is 175 cm³/mol. The summed E-state index contributed by atoms with van der Waals surface area (Å²) in [6.07, 6.45) is 8.77. The SMILES string of the molecule is CC(CCC(=O)O)[C@H]1CCC2C3CC[C@@H]4C[C@@H](NC(=O)OCC5c6ccccc6-c6ccccc65)CC[C@]4(C)C3C[C@H](O)[C@@]21C. The van der Waals surface area contributed by atoms with Gasteiger partial charge in [0, 0.05) is 18.4 Å². The monoisotopic (exact) mass is 613 g/mol. The number of alkyl carbamates (subject to hydrolysis) is 1. The maximum Gasteiger partial charge on any atom is 0.407 e. The molecule has 4 fully saturated rings. The summed E-state index contributed by atoms with van der Waals surface area (Å²) in [6, 6.07) is 17.0. The number of aliphatic hydroxyl groups excluding tert-OH is 1. The molecule has 2 aromatic carbocycles. The molecule has 7 rings (SSSR count). The van der Waals surface area contributed by atoms with Crippen LogP contribution in [0.15, 0.2) is 48.5 Å². The Morgan fingerprint density at radius 2 is 1.62 bits per heavy atom. The number of carboxylic acids is 1. The van der Waals surface area contributed by atoms with Crippen LogP contribution in [0.3, 0.4) is 0 Å². The minimum atomic E-state index is -0.722. The number of ether oxygens (including phenoxy) is 1. The zero-order valence-corrected chi connectivity index (χ0v) is 27.2. The lowest BCUT2D eigenvalue weighted by atomic mass is 9.43. The highest BCUT2D eigenvalue weighted by atomic mass is 16.5. The number of rotatable bonds is 7. The highest BCUT2D eigenvalue weighted by molar-refractivity contribution is 5.79. The first kappa shape index (κ1) is 30.8. The van der Waals surface area contributed by atoms with Crippen molar-refractivity contribution in [1.29, 1.82) is 0 Å². The molecule has 0 heterocycles. The van der Waals surface area contributed by atoms with Gasteiger partial charge in [-0.15, -0.1) is 0 Å². The predicted octanol–water partition coefficient (Wildman–Crippen LogP) is 8.02. The van der Waals surface area contributed by atoms with Crippen LogP contribution in [0.25, 0.3) is 11.1 Å². The van der Waals surface area contributed by atoms with Crippen molar-refractivity contribution in [2.45, 2.75) is 103 Å². The van der Waals surface area contributed by atoms with Crippen molar-refractivity contribution < 1.29 is 24.5 Å². The third-order valence-electron chi connectivity index (χ3n) is 14.0. The molecule has 3 N–H and O–H groups in total. The van der Waals surface area contributed by atoms with Gasteiger partial charge in [0.15, 0.2) is 0 Å². The Morgan fingerprint density at radius 3 is 2.31 bits per heavy atom. The van der Waals surface area contributed by atoms with E-state index < -0.39 is 5.97 Å². The number of hydrogen-bond acceptors (Lipinski definition) is 4. The molecule has 0 spiro atoms. The molecule has 5 aliphatic carbocycles. The summed E-state index contributed by atoms with van der Waals surface area (Å²) in [5.74, 6) is 2.23. The lowest BCUT2D eigenvalue weighted by Crippen LogP contribution is -2.59. The van der Waals surface area contributed by atoms with Gasteiger partial charge in [-0.1, -0.05) is 69.3 Å². The number of nitrogens with one attached hydrogen (secondary N) is 1. The van der Waals surface area contributed by atoms with E-state index >= 15 is 0 Å². The second-order valence-corrected chi connectivity index (χ2v) is 15.8. The highest BCUT2D eigenvalue weighted by Gasteiger charge is 2.63. The van der Waals surface area contributed by atoms with Crippen LogP contribution in [0, 0.1) is 46.3 Å². The number of benzene rings is 2. The van der Waals surface area contributed by atoms with Crippen LogP contribution in [0.2, 0.25) is 0 Å². The van der Waals surface area contributed by atoms with E-state index in [9.17, 15) is 19.8 Å². The largest absolute Gasteiger partial charge is 0.481 e. The molecular formula is C39H51NO5. The fraction of sp³-hybridized carbons (Fsp3) is 0.641. The molecule has 6 heteroatoms. The minimum Gasteiger partial charge on any atom is -0.481 e. The van der Waals surface area contributed by atoms with E-state index in [1.54, 1.807) is 0 Å². The summed E-state index contributed by atoms with van der Waals surface area (Å²) >= 11 is 0. The van der Waals surface area contributed by atoms with Gasteiger partial charge in [-0.25, -0.2) is 4.79 Å². The van der Waals surface area contributed by atoms with Gasteiger partial charge in [0.1, 0.15) is 6.61 Å². The van der Waals surface area contributed by atoms with Crippen molar-refractivity contribution in [2.75, 3.05) is 6.61 Å². The van der Waals surface area contributed by atoms with E-state index in [0.29, 0.717) is 48.5 Å². The molecular weight excluding hydrogens is 562 g/mol. The lowest BCUT2D eigenvalue weighted by Gasteiger charge is -2.62. The number of aliphatic hydroxyl groups is 1. The van der Waals surface area contributed by atoms with Crippen LogP contribution in [0.1, 0.15) is 102 Å². The van der Waals surface area contributed by atoms with Crippen LogP contribution in [-0.2, 0) is 9.53 Å². The molecule has 242 valence electrons. The van der Waals surface area contributed by atoms with Gasteiger partial charge in [-0.05, 0) is 126 Å². The van der Waals surface area contributed by atoms with E-state index in [1.165, 1.54) is 35.1 Å². The van der Waals surface area contributed by atoms with Gasteiger partial charge in [-0.3, -0.25) is 4.79 Å². The molecule has 2 aromatic rings. The Labute approximate surface area is 268 Å². The second kappa shape index (κ2) is 11.7. The number of hydrogen-bond donors (Lipinski definition) is 3. The number of carbonyl (C=O) groups excluding carboxylic acids is 1. The van der Waals surface area contributed by atoms with Crippen molar-refractivity contribution in [2.24, 2.45) is 46.3 Å². The van der Waals surface area contributed by atoms with Gasteiger partial charge in [-0.2, -0.15) is 0 Å². The molecule has 0 bridgehead atoms. The summed E-state index contributed by atoms with van der Waals surface area (Å²) in [6.45, 7) is 7.36. The zero-order valence-electron chi connectivity index (χ0n) is 27.2. The first-order valence-electron chi connectivity index (χ1n) is 17.6. The quantitative estimate of drug-likeness (QED) is 0.294. The summed E-state index contributed by atoms with van der Waals surface area (Å²) in [5, 5.41) is 24.4. The number of fused-ring (bicyclic) bond motifs is 8. The van der Waals surface area contributed by atoms with Crippen molar-refractivity contribution >= 4 is 12.1 Å². The molecule has 6 nitrogen and oxygen atoms in total. The number of carboxylic acid groups (broad SMARTS) is 1. The van der Waals surface area contributed by atoms with Crippen molar-refractivity contribution in [3.63, 3.8) is 0 Å². The maximum atomic E-state index is 13.1. The Bertz CT molecular complexity index is 1390. The molecule has 10 atom stereocenters. The Hall–Kier alpha value is -2.86. The van der Waals surface area contributed by atoms with Gasteiger partial charge < -0.3 is 20.3 Å². The Morgan fingerprint density at radius 1 is 0.933 bits per heavy atom. The number of amides is 1. The van der Waals surface area contributed by atoms with Gasteiger partial charge in [0.05, 0.1) is 6.10 Å². The number of aliphatic carboxylic acids is 1. The normalized spacial score (nSPS) is 37.4. The topological polar surface area (TPSA) is 95.9 Å². The van der Waals surface area contributed by atoms with E-state index in [1.807, 2.05) is 0 Å². The van der Waals surface area contributed by atoms with Crippen LogP contribution >= 0.6 is 0 Å². The first-order chi connectivity index (χ1) is 21.6. The average Bonchev–Trinajstić information content (AvgIpc) is 3.55. The van der Waals surface area contributed by atoms with Crippen LogP contribution < -0.4 is 5.32 Å². The zero-order chi connectivity index (χ0) is 31.5. The lowest BCUT2D eigenvalue weighted by molar-refractivity contribution is -0.169. The Kier molecular flexibility index (Phi) is 8.03. The summed E-state index contributed by atoms with van der Waals surface area (Å²) in [7, 11) is 0. The Balaban J connectivity index is 0.975. The highest BCUT2D eigenvalue weighted by Crippen LogP contribution is 2.68. The number of carbonyl (C=O) groups is 2. The molecule has 0 aliphatic heterocycles. The maximum absolute atomic E-state index is 13.1. The second-order valence-electron chi connectivity index (χ2n) is 15.8. The first-order valence-corrected chi connectivity index (χ1v) is 17.6. The van der Waals surface area contributed by atoms with Crippen LogP contribution in [0.5, 0.6) is 0 Å². The van der Waals surface area contributed by atoms with E-state index in [0.717, 1.165) is 38.5 Å². The van der Waals surface area contributed by atoms with Crippen molar-refractivity contribution in [3.05, 3.63) is 59.7 Å². The van der Waals surface area contributed by atoms with Crippen LogP contribution in [-0.4, -0.2) is 41.0 Å². The fourth-order valence-corrected chi connectivity index (χ4v) is 11.7. The molecule has 4 saturated carbocycles. The van der Waals surface area contributed by atoms with Gasteiger partial charge in [0.2, 0.25) is 0 Å². The summed E-state index contributed by atoms with van der Waals surface area (Å²) in [5.41, 5.74) is 4.98. The molecule has 4 unspecified atom stereocenters. The van der Waals surface area contributed by atoms with E-state index in [4.69, 9.17) is 4.74 Å². The fourth-order valence-electron chi connectivity index (χ4n) is 11.7. The smallest absolute Gasteiger partial charge is 0.407 e. The van der Waals surface area contributed by atoms with Crippen molar-refractivity contribution in [3.8, 4) is 11.1 Å². The molecule has 0 saturated heterocycles. The third-order valence-corrected chi connectivity index (χ3v) is 14.0. The summed E-state index contributed by atoms with van der Waals surface area (Å²) in [4.78, 5) is 24.4. The molecule has 45 heavy (non-hydrogen) atoms. The van der Waals surface area contributed by atoms with Crippen molar-refractivity contribution in [1.82, 2.24) is 5.32 Å². The molecule has 0 aromatic heterocycles. The van der Waals surface area contributed by atoms with E-state index in [2.05, 4.69) is 74.6 Å². The summed E-state index contributed by atoms with van der Waals surface area (Å²) < 4.78 is 5.91. The molecule has 5 aliphatic rings. The standard InChI is InChI=1S/C39H51NO5/c1-23(12-17-36(42)43)32-15-16-33-30-14-13-24-20-25(18-19-38(24,2)34(30)21-35(41)39(32,33)3)40-37(44)45-22-31-28-10-6-4-8-26(28)27-9-5-7-11-29(27)31/h4-11,23-25,30-35,41H,12-22H2,1-3H3,(H,40,44)(H,42,43)/t23?,24-,25+,30?,32-,33?,34?,35+,38+,39-/m1/s1.